The summed E-state index contributed by atoms with van der Waals surface area (Å²) in [5, 5.41) is 2.82. The van der Waals surface area contributed by atoms with Crippen molar-refractivity contribution < 1.29 is 18.7 Å². The summed E-state index contributed by atoms with van der Waals surface area (Å²) in [6, 6.07) is 10.6. The Morgan fingerprint density at radius 3 is 2.88 bits per heavy atom. The Bertz CT molecular complexity index is 930. The number of nitrogens with zero attached hydrogens (tertiary/aromatic N) is 1. The molecule has 128 valence electrons. The molecule has 1 amide bonds. The lowest BCUT2D eigenvalue weighted by molar-refractivity contribution is -0.119. The topological polar surface area (TPSA) is 81.4 Å². The van der Waals surface area contributed by atoms with Crippen molar-refractivity contribution in [2.24, 2.45) is 0 Å². The molecule has 0 radical (unpaired) electrons. The van der Waals surface area contributed by atoms with Gasteiger partial charge in [0, 0.05) is 5.69 Å². The van der Waals surface area contributed by atoms with Crippen molar-refractivity contribution in [1.82, 2.24) is 4.98 Å². The highest BCUT2D eigenvalue weighted by Crippen LogP contribution is 2.21. The van der Waals surface area contributed by atoms with Gasteiger partial charge in [0.15, 0.2) is 18.6 Å². The van der Waals surface area contributed by atoms with Crippen molar-refractivity contribution in [2.75, 3.05) is 11.9 Å². The molecule has 0 fully saturated rings. The third-order valence-electron chi connectivity index (χ3n) is 3.90. The summed E-state index contributed by atoms with van der Waals surface area (Å²) in [7, 11) is 0. The van der Waals surface area contributed by atoms with Crippen LogP contribution in [0.3, 0.4) is 0 Å². The maximum atomic E-state index is 12.1. The summed E-state index contributed by atoms with van der Waals surface area (Å²) in [6.07, 6.45) is 2.11. The first-order valence-corrected chi connectivity index (χ1v) is 7.97. The van der Waals surface area contributed by atoms with Gasteiger partial charge in [-0.3, -0.25) is 4.79 Å². The molecule has 6 nitrogen and oxygen atoms in total. The van der Waals surface area contributed by atoms with Gasteiger partial charge in [-0.15, -0.1) is 0 Å². The Kier molecular flexibility index (Phi) is 4.79. The lowest BCUT2D eigenvalue weighted by atomic mass is 10.1. The van der Waals surface area contributed by atoms with Crippen LogP contribution in [0, 0.1) is 6.92 Å². The number of benzene rings is 2. The molecule has 0 unspecified atom stereocenters. The number of ether oxygens (including phenoxy) is 1. The summed E-state index contributed by atoms with van der Waals surface area (Å²) < 4.78 is 10.2. The predicted molar refractivity (Wildman–Crippen MR) is 93.5 cm³/mol. The van der Waals surface area contributed by atoms with E-state index in [-0.39, 0.29) is 12.5 Å². The SMILES string of the molecule is CCc1cccc(C)c1NC(=O)COC(=O)c1ccc2ocnc2c1. The minimum atomic E-state index is -0.583. The van der Waals surface area contributed by atoms with E-state index in [9.17, 15) is 9.59 Å². The number of fused-ring (bicyclic) bond motifs is 1. The van der Waals surface area contributed by atoms with Crippen molar-refractivity contribution in [3.05, 3.63) is 59.5 Å². The van der Waals surface area contributed by atoms with Gasteiger partial charge in [0.1, 0.15) is 5.52 Å². The van der Waals surface area contributed by atoms with Gasteiger partial charge in [0.25, 0.3) is 5.91 Å². The van der Waals surface area contributed by atoms with Crippen LogP contribution in [0.1, 0.15) is 28.4 Å². The monoisotopic (exact) mass is 338 g/mol. The maximum Gasteiger partial charge on any atom is 0.338 e. The lowest BCUT2D eigenvalue weighted by Crippen LogP contribution is -2.22. The maximum absolute atomic E-state index is 12.1. The van der Waals surface area contributed by atoms with Gasteiger partial charge in [-0.2, -0.15) is 0 Å². The number of rotatable bonds is 5. The van der Waals surface area contributed by atoms with Crippen molar-refractivity contribution in [2.45, 2.75) is 20.3 Å². The van der Waals surface area contributed by atoms with Crippen molar-refractivity contribution in [3.63, 3.8) is 0 Å². The van der Waals surface area contributed by atoms with E-state index in [1.807, 2.05) is 32.0 Å². The molecule has 0 aliphatic rings. The van der Waals surface area contributed by atoms with Crippen molar-refractivity contribution in [3.8, 4) is 0 Å². The number of nitrogens with one attached hydrogen (secondary N) is 1. The van der Waals surface area contributed by atoms with Gasteiger partial charge in [0.05, 0.1) is 5.56 Å². The van der Waals surface area contributed by atoms with Crippen LogP contribution >= 0.6 is 0 Å². The van der Waals surface area contributed by atoms with E-state index in [4.69, 9.17) is 9.15 Å². The fraction of sp³-hybridized carbons (Fsp3) is 0.211. The van der Waals surface area contributed by atoms with Crippen LogP contribution in [0.5, 0.6) is 0 Å². The Labute approximate surface area is 144 Å². The number of aryl methyl sites for hydroxylation is 2. The third-order valence-corrected chi connectivity index (χ3v) is 3.90. The Balaban J connectivity index is 1.63. The second-order valence-corrected chi connectivity index (χ2v) is 5.62. The van der Waals surface area contributed by atoms with Crippen LogP contribution < -0.4 is 5.32 Å². The van der Waals surface area contributed by atoms with Crippen LogP contribution in [-0.4, -0.2) is 23.5 Å². The van der Waals surface area contributed by atoms with Crippen LogP contribution in [0.25, 0.3) is 11.1 Å². The molecule has 0 aliphatic carbocycles. The van der Waals surface area contributed by atoms with E-state index >= 15 is 0 Å². The molecule has 0 spiro atoms. The number of esters is 1. The quantitative estimate of drug-likeness (QED) is 0.720. The molecular weight excluding hydrogens is 320 g/mol. The number of oxazole rings is 1. The van der Waals surface area contributed by atoms with Crippen LogP contribution in [-0.2, 0) is 16.0 Å². The van der Waals surface area contributed by atoms with Crippen LogP contribution in [0.15, 0.2) is 47.2 Å². The largest absolute Gasteiger partial charge is 0.452 e. The number of carbonyl (C=O) groups is 2. The fourth-order valence-corrected chi connectivity index (χ4v) is 2.58. The summed E-state index contributed by atoms with van der Waals surface area (Å²) >= 11 is 0. The average Bonchev–Trinajstić information content (AvgIpc) is 3.09. The highest BCUT2D eigenvalue weighted by Gasteiger charge is 2.13. The smallest absolute Gasteiger partial charge is 0.338 e. The van der Waals surface area contributed by atoms with E-state index < -0.39 is 5.97 Å². The first-order chi connectivity index (χ1) is 12.1. The lowest BCUT2D eigenvalue weighted by Gasteiger charge is -2.13. The number of carbonyl (C=O) groups excluding carboxylic acids is 2. The first-order valence-electron chi connectivity index (χ1n) is 7.97. The molecule has 0 saturated heterocycles. The molecular formula is C19H18N2O4. The summed E-state index contributed by atoms with van der Waals surface area (Å²) in [5.41, 5.74) is 4.24. The second kappa shape index (κ2) is 7.17. The Morgan fingerprint density at radius 2 is 2.08 bits per heavy atom. The zero-order valence-electron chi connectivity index (χ0n) is 14.0. The normalized spacial score (nSPS) is 10.6. The average molecular weight is 338 g/mol. The number of para-hydroxylation sites is 1. The molecule has 6 heteroatoms. The molecule has 1 N–H and O–H groups in total. The van der Waals surface area contributed by atoms with Crippen molar-refractivity contribution in [1.29, 1.82) is 0 Å². The molecule has 1 heterocycles. The molecule has 25 heavy (non-hydrogen) atoms. The number of hydrogen-bond acceptors (Lipinski definition) is 5. The molecule has 3 aromatic rings. The highest BCUT2D eigenvalue weighted by atomic mass is 16.5. The summed E-state index contributed by atoms with van der Waals surface area (Å²) in [6.45, 7) is 3.59. The molecule has 0 aliphatic heterocycles. The van der Waals surface area contributed by atoms with Crippen molar-refractivity contribution >= 4 is 28.7 Å². The highest BCUT2D eigenvalue weighted by molar-refractivity contribution is 5.97. The van der Waals surface area contributed by atoms with Gasteiger partial charge in [-0.05, 0) is 42.7 Å². The third kappa shape index (κ3) is 3.68. The Hall–Kier alpha value is -3.15. The summed E-state index contributed by atoms with van der Waals surface area (Å²) in [5.74, 6) is -0.958. The molecule has 0 atom stereocenters. The van der Waals surface area contributed by atoms with Gasteiger partial charge >= 0.3 is 5.97 Å². The second-order valence-electron chi connectivity index (χ2n) is 5.62. The van der Waals surface area contributed by atoms with E-state index in [0.29, 0.717) is 16.7 Å². The fourth-order valence-electron chi connectivity index (χ4n) is 2.58. The molecule has 2 aromatic carbocycles. The number of anilines is 1. The van der Waals surface area contributed by atoms with Crippen LogP contribution in [0.2, 0.25) is 0 Å². The minimum Gasteiger partial charge on any atom is -0.452 e. The number of amides is 1. The first kappa shape index (κ1) is 16.7. The summed E-state index contributed by atoms with van der Waals surface area (Å²) in [4.78, 5) is 28.2. The molecule has 3 rings (SSSR count). The molecule has 0 bridgehead atoms. The van der Waals surface area contributed by atoms with E-state index in [1.165, 1.54) is 6.39 Å². The van der Waals surface area contributed by atoms with Crippen LogP contribution in [0.4, 0.5) is 5.69 Å². The van der Waals surface area contributed by atoms with E-state index in [2.05, 4.69) is 10.3 Å². The molecule has 0 saturated carbocycles. The van der Waals surface area contributed by atoms with Gasteiger partial charge in [-0.1, -0.05) is 25.1 Å². The number of hydrogen-bond donors (Lipinski definition) is 1. The Morgan fingerprint density at radius 1 is 1.24 bits per heavy atom. The van der Waals surface area contributed by atoms with Gasteiger partial charge < -0.3 is 14.5 Å². The standard InChI is InChI=1S/C19H18N2O4/c1-3-13-6-4-5-12(2)18(13)21-17(22)10-24-19(23)14-7-8-16-15(9-14)20-11-25-16/h4-9,11H,3,10H2,1-2H3,(H,21,22). The predicted octanol–water partition coefficient (Wildman–Crippen LogP) is 3.49. The van der Waals surface area contributed by atoms with E-state index in [0.717, 1.165) is 23.2 Å². The van der Waals surface area contributed by atoms with Gasteiger partial charge in [0.2, 0.25) is 0 Å². The molecule has 1 aromatic heterocycles. The zero-order valence-corrected chi connectivity index (χ0v) is 14.0. The van der Waals surface area contributed by atoms with E-state index in [1.54, 1.807) is 18.2 Å². The number of aromatic nitrogens is 1. The van der Waals surface area contributed by atoms with Gasteiger partial charge in [-0.25, -0.2) is 9.78 Å². The minimum absolute atomic E-state index is 0.319. The zero-order chi connectivity index (χ0) is 17.8.